The van der Waals surface area contributed by atoms with Gasteiger partial charge >= 0.3 is 11.9 Å². The Kier molecular flexibility index (Phi) is 16.5. The van der Waals surface area contributed by atoms with Crippen LogP contribution in [0.3, 0.4) is 0 Å². The number of hydrogen-bond donors (Lipinski definition) is 0. The Morgan fingerprint density at radius 3 is 1.20 bits per heavy atom. The lowest BCUT2D eigenvalue weighted by molar-refractivity contribution is 0.0464. The summed E-state index contributed by atoms with van der Waals surface area (Å²) in [6.45, 7) is 0.231. The molecule has 0 fully saturated rings. The normalized spacial score (nSPS) is 12.0. The van der Waals surface area contributed by atoms with E-state index in [9.17, 15) is 9.59 Å². The molecule has 14 aromatic carbocycles. The number of rotatable bonds is 16. The monoisotopic (exact) mass is 1390 g/mol. The molecule has 17 aromatic rings. The van der Waals surface area contributed by atoms with Crippen molar-refractivity contribution >= 4 is 91.0 Å². The molecule has 0 bridgehead atoms. The van der Waals surface area contributed by atoms with E-state index in [1.807, 2.05) is 176 Å². The van der Waals surface area contributed by atoms with Crippen molar-refractivity contribution in [1.82, 2.24) is 29.5 Å². The van der Waals surface area contributed by atoms with Crippen molar-refractivity contribution in [1.29, 1.82) is 0 Å². The molecule has 0 amide bonds. The first-order valence-corrected chi connectivity index (χ1v) is 36.0. The summed E-state index contributed by atoms with van der Waals surface area (Å²) < 4.78 is 14.1. The molecule has 2 aliphatic rings. The predicted octanol–water partition coefficient (Wildman–Crippen LogP) is 20.2. The zero-order valence-corrected chi connectivity index (χ0v) is 58.3. The highest BCUT2D eigenvalue weighted by atomic mass is 16.5. The van der Waals surface area contributed by atoms with Gasteiger partial charge in [-0.15, -0.1) is 0 Å². The zero-order chi connectivity index (χ0) is 72.0. The van der Waals surface area contributed by atoms with Gasteiger partial charge in [0.2, 0.25) is 0 Å². The summed E-state index contributed by atoms with van der Waals surface area (Å²) in [7, 11) is 0. The summed E-state index contributed by atoms with van der Waals surface area (Å²) in [4.78, 5) is 59.8. The van der Waals surface area contributed by atoms with E-state index < -0.39 is 11.9 Å². The molecule has 5 heterocycles. The number of benzene rings is 14. The number of ether oxygens (including phenoxy) is 2. The predicted molar refractivity (Wildman–Crippen MR) is 433 cm³/mol. The molecule has 19 rings (SSSR count). The van der Waals surface area contributed by atoms with Crippen molar-refractivity contribution < 1.29 is 19.1 Å². The van der Waals surface area contributed by atoms with E-state index in [1.54, 1.807) is 12.1 Å². The van der Waals surface area contributed by atoms with Crippen LogP contribution in [-0.2, 0) is 22.7 Å². The highest BCUT2D eigenvalue weighted by Gasteiger charge is 2.43. The second kappa shape index (κ2) is 27.6. The highest BCUT2D eigenvalue weighted by Crippen LogP contribution is 2.46. The van der Waals surface area contributed by atoms with Crippen molar-refractivity contribution in [3.8, 4) is 84.9 Å². The molecule has 2 aliphatic heterocycles. The van der Waals surface area contributed by atoms with E-state index in [1.165, 1.54) is 27.8 Å². The number of aromatic nitrogens is 6. The Balaban J connectivity index is 0.743. The fourth-order valence-electron chi connectivity index (χ4n) is 15.2. The molecule has 12 nitrogen and oxygen atoms in total. The first-order valence-electron chi connectivity index (χ1n) is 36.0. The summed E-state index contributed by atoms with van der Waals surface area (Å²) >= 11 is 0. The maximum absolute atomic E-state index is 14.2. The lowest BCUT2D eigenvalue weighted by atomic mass is 9.33. The van der Waals surface area contributed by atoms with Crippen LogP contribution in [-0.4, -0.2) is 48.1 Å². The van der Waals surface area contributed by atoms with Crippen LogP contribution in [0, 0.1) is 0 Å². The van der Waals surface area contributed by atoms with Gasteiger partial charge < -0.3 is 23.8 Å². The number of carbonyl (C=O) groups is 2. The van der Waals surface area contributed by atoms with Crippen molar-refractivity contribution in [2.24, 2.45) is 0 Å². The number of hydrogen-bond acceptors (Lipinski definition) is 11. The van der Waals surface area contributed by atoms with Gasteiger partial charge in [0.15, 0.2) is 23.3 Å². The molecule has 0 unspecified atom stereocenters. The Morgan fingerprint density at radius 1 is 0.296 bits per heavy atom. The van der Waals surface area contributed by atoms with Gasteiger partial charge in [0.05, 0.1) is 39.2 Å². The summed E-state index contributed by atoms with van der Waals surface area (Å²) in [5.74, 6) is 1.01. The van der Waals surface area contributed by atoms with E-state index in [0.29, 0.717) is 67.7 Å². The van der Waals surface area contributed by atoms with Crippen LogP contribution in [0.1, 0.15) is 31.8 Å². The van der Waals surface area contributed by atoms with Gasteiger partial charge in [0.1, 0.15) is 13.2 Å². The van der Waals surface area contributed by atoms with Gasteiger partial charge in [-0.25, -0.2) is 34.5 Å². The third kappa shape index (κ3) is 12.0. The van der Waals surface area contributed by atoms with Gasteiger partial charge in [-0.05, 0) is 148 Å². The second-order valence-electron chi connectivity index (χ2n) is 26.9. The number of fused-ring (bicyclic) bond motifs is 7. The largest absolute Gasteiger partial charge is 0.457 e. The average molecular weight is 1390 g/mol. The molecule has 0 saturated carbocycles. The summed E-state index contributed by atoms with van der Waals surface area (Å²) in [6.07, 6.45) is 0. The first-order chi connectivity index (χ1) is 53.4. The van der Waals surface area contributed by atoms with Gasteiger partial charge in [0.25, 0.3) is 6.71 Å². The molecule has 0 spiro atoms. The molecular weight excluding hydrogens is 1330 g/mol. The molecule has 0 N–H and O–H groups in total. The molecular formula is C95H63BN8O4. The molecule has 13 heteroatoms. The molecule has 108 heavy (non-hydrogen) atoms. The van der Waals surface area contributed by atoms with Gasteiger partial charge in [-0.1, -0.05) is 249 Å². The lowest BCUT2D eigenvalue weighted by Gasteiger charge is -2.44. The Labute approximate surface area is 623 Å². The standard InChI is InChI=1S/C95H63BN8O4/c105-94(107-60-62-24-7-1-8-25-62)71-49-54-82-75(57-71)76-58-72(95(106)108-61-63-26-9-2-10-27-63)50-55-83(76)104(82)84-53-48-70(93-100-91(67-30-13-4-14-31-67)99-92(101-93)68-32-15-5-16-33-68)56-77(84)81-59-80(66-28-11-3-12-29-66)97-90(98-81)69-44-42-64(43-45-69)65-46-51-74(52-47-65)103-86-39-22-20-37-79(86)96-78-36-19-21-38-85(78)102(73-34-17-6-18-35-73)87-40-23-41-88(103)89(87)96/h1-59H,60-61H2. The van der Waals surface area contributed by atoms with Crippen LogP contribution in [0.15, 0.2) is 358 Å². The first kappa shape index (κ1) is 64.4. The van der Waals surface area contributed by atoms with Crippen LogP contribution in [0.5, 0.6) is 0 Å². The smallest absolute Gasteiger partial charge is 0.338 e. The van der Waals surface area contributed by atoms with Crippen LogP contribution in [0.25, 0.3) is 107 Å². The Hall–Kier alpha value is -14.4. The SMILES string of the molecule is O=C(OCc1ccccc1)c1ccc2c(c1)c1cc(C(=O)OCc3ccccc3)ccc1n2-c1ccc(-c2nc(-c3ccccc3)nc(-c3ccccc3)n2)cc1-c1cc(-c2ccccc2)nc(-c2ccc(-c3ccc(N4c5ccccc5B5c6ccccc6N(c6ccccc6)c6cccc4c65)cc3)cc2)n1. The third-order valence-corrected chi connectivity index (χ3v) is 20.4. The van der Waals surface area contributed by atoms with E-state index in [2.05, 4.69) is 184 Å². The second-order valence-corrected chi connectivity index (χ2v) is 26.9. The van der Waals surface area contributed by atoms with Crippen molar-refractivity contribution in [3.05, 3.63) is 380 Å². The fourth-order valence-corrected chi connectivity index (χ4v) is 15.2. The van der Waals surface area contributed by atoms with Crippen molar-refractivity contribution in [2.75, 3.05) is 9.80 Å². The highest BCUT2D eigenvalue weighted by molar-refractivity contribution is 7.00. The summed E-state index contributed by atoms with van der Waals surface area (Å²) in [6, 6.07) is 121. The number of esters is 2. The summed E-state index contributed by atoms with van der Waals surface area (Å²) in [5.41, 5.74) is 23.5. The fraction of sp³-hybridized carbons (Fsp3) is 0.0211. The maximum atomic E-state index is 14.2. The minimum absolute atomic E-state index is 0.0437. The summed E-state index contributed by atoms with van der Waals surface area (Å²) in [5, 5.41) is 1.42. The Bertz CT molecular complexity index is 6120. The van der Waals surface area contributed by atoms with Gasteiger partial charge in [-0.2, -0.15) is 0 Å². The average Bonchev–Trinajstić information content (AvgIpc) is 0.925. The Morgan fingerprint density at radius 2 is 0.685 bits per heavy atom. The molecule has 3 aromatic heterocycles. The lowest BCUT2D eigenvalue weighted by Crippen LogP contribution is -2.61. The minimum atomic E-state index is -0.489. The minimum Gasteiger partial charge on any atom is -0.457 e. The quantitative estimate of drug-likeness (QED) is 0.0677. The molecule has 0 atom stereocenters. The van der Waals surface area contributed by atoms with Crippen LogP contribution in [0.4, 0.5) is 34.1 Å². The zero-order valence-electron chi connectivity index (χ0n) is 58.3. The molecule has 510 valence electrons. The van der Waals surface area contributed by atoms with Gasteiger partial charge in [-0.3, -0.25) is 0 Å². The number of anilines is 6. The van der Waals surface area contributed by atoms with E-state index in [4.69, 9.17) is 34.4 Å². The van der Waals surface area contributed by atoms with Crippen LogP contribution >= 0.6 is 0 Å². The number of carbonyl (C=O) groups excluding carboxylic acids is 2. The van der Waals surface area contributed by atoms with E-state index >= 15 is 0 Å². The maximum Gasteiger partial charge on any atom is 0.338 e. The van der Waals surface area contributed by atoms with Crippen molar-refractivity contribution in [2.45, 2.75) is 13.2 Å². The van der Waals surface area contributed by atoms with Crippen LogP contribution < -0.4 is 26.2 Å². The molecule has 0 radical (unpaired) electrons. The topological polar surface area (TPSA) is 128 Å². The van der Waals surface area contributed by atoms with E-state index in [-0.39, 0.29) is 19.9 Å². The van der Waals surface area contributed by atoms with E-state index in [0.717, 1.165) is 84.0 Å². The molecule has 0 aliphatic carbocycles. The molecule has 0 saturated heterocycles. The van der Waals surface area contributed by atoms with Crippen molar-refractivity contribution in [3.63, 3.8) is 0 Å². The number of para-hydroxylation sites is 3. The third-order valence-electron chi connectivity index (χ3n) is 20.4. The van der Waals surface area contributed by atoms with Crippen LogP contribution in [0.2, 0.25) is 0 Å². The van der Waals surface area contributed by atoms with Gasteiger partial charge in [0, 0.05) is 78.3 Å². The number of nitrogens with zero attached hydrogens (tertiary/aromatic N) is 8.